The minimum atomic E-state index is -2.35. The highest BCUT2D eigenvalue weighted by Crippen LogP contribution is 2.38. The Morgan fingerprint density at radius 1 is 0.667 bits per heavy atom. The number of hydrogen-bond acceptors (Lipinski definition) is 19. The van der Waals surface area contributed by atoms with Gasteiger partial charge in [-0.15, -0.1) is 0 Å². The van der Waals surface area contributed by atoms with Gasteiger partial charge in [0, 0.05) is 19.1 Å². The van der Waals surface area contributed by atoms with Gasteiger partial charge in [0.25, 0.3) is 0 Å². The summed E-state index contributed by atoms with van der Waals surface area (Å²) in [5.74, 6) is -2.35. The van der Waals surface area contributed by atoms with E-state index in [0.29, 0.717) is 0 Å². The molecule has 3 saturated heterocycles. The number of rotatable bonds is 9. The van der Waals surface area contributed by atoms with Crippen molar-refractivity contribution >= 4 is 0 Å². The minimum Gasteiger partial charge on any atom is -0.394 e. The van der Waals surface area contributed by atoms with Crippen LogP contribution in [0.3, 0.4) is 0 Å². The Bertz CT molecular complexity index is 883. The van der Waals surface area contributed by atoms with Crippen LogP contribution < -0.4 is 34.4 Å². The predicted molar refractivity (Wildman–Crippen MR) is 138 cm³/mol. The number of ether oxygens (including phenoxy) is 6. The smallest absolute Gasteiger partial charge is 0.210 e. The van der Waals surface area contributed by atoms with Crippen LogP contribution in [0.25, 0.3) is 0 Å². The fourth-order valence-electron chi connectivity index (χ4n) is 5.75. The fraction of sp³-hybridized carbons (Fsp3) is 1.00. The summed E-state index contributed by atoms with van der Waals surface area (Å²) in [5, 5.41) is 73.7. The molecule has 3 heterocycles. The molecule has 42 heavy (non-hydrogen) atoms. The Balaban J connectivity index is 1.50. The van der Waals surface area contributed by atoms with Gasteiger partial charge in [-0.3, -0.25) is 0 Å². The van der Waals surface area contributed by atoms with E-state index in [1.54, 1.807) is 0 Å². The first-order valence-electron chi connectivity index (χ1n) is 13.9. The highest BCUT2D eigenvalue weighted by Gasteiger charge is 2.57. The molecule has 4 fully saturated rings. The molecule has 0 bridgehead atoms. The van der Waals surface area contributed by atoms with Crippen LogP contribution in [-0.4, -0.2) is 165 Å². The Hall–Kier alpha value is -0.760. The van der Waals surface area contributed by atoms with Crippen molar-refractivity contribution < 1.29 is 64.2 Å². The third kappa shape index (κ3) is 6.46. The fourth-order valence-corrected chi connectivity index (χ4v) is 5.75. The van der Waals surface area contributed by atoms with E-state index in [1.165, 1.54) is 0 Å². The topological polar surface area (TPSA) is 353 Å². The maximum absolute atomic E-state index is 11.7. The van der Waals surface area contributed by atoms with Crippen molar-refractivity contribution in [2.24, 2.45) is 34.4 Å². The molecule has 0 amide bonds. The van der Waals surface area contributed by atoms with E-state index in [1.807, 2.05) is 0 Å². The third-order valence-electron chi connectivity index (χ3n) is 8.39. The van der Waals surface area contributed by atoms with Crippen molar-refractivity contribution in [3.63, 3.8) is 0 Å². The summed E-state index contributed by atoms with van der Waals surface area (Å²) in [7, 11) is 0. The van der Waals surface area contributed by atoms with Crippen LogP contribution in [0.2, 0.25) is 0 Å². The van der Waals surface area contributed by atoms with Crippen molar-refractivity contribution in [3.05, 3.63) is 0 Å². The monoisotopic (exact) mass is 614 g/mol. The van der Waals surface area contributed by atoms with Gasteiger partial charge in [-0.25, -0.2) is 0 Å². The van der Waals surface area contributed by atoms with Gasteiger partial charge in [0.15, 0.2) is 18.9 Å². The van der Waals surface area contributed by atoms with E-state index in [-0.39, 0.29) is 25.9 Å². The SMILES string of the molecule is NC[C@@H]1O[C@H](O[C@H]2[C@@H](O)[C@H](O[C@@H]3CC(N)CC(N)[C@@]3(O)O[C@H]3O[C@H](CN)[C@@H](O)[C@H](O)[C@H]3N)O[C@@H]2CO)[C@H](N)[C@@H](O)[C@@H]1O. The zero-order valence-corrected chi connectivity index (χ0v) is 22.9. The molecule has 1 saturated carbocycles. The lowest BCUT2D eigenvalue weighted by molar-refractivity contribution is -0.383. The van der Waals surface area contributed by atoms with Gasteiger partial charge < -0.3 is 98.6 Å². The summed E-state index contributed by atoms with van der Waals surface area (Å²) >= 11 is 0. The Kier molecular flexibility index (Phi) is 11.1. The van der Waals surface area contributed by atoms with Crippen LogP contribution in [0.1, 0.15) is 12.8 Å². The van der Waals surface area contributed by atoms with Crippen molar-refractivity contribution in [1.29, 1.82) is 0 Å². The summed E-state index contributed by atoms with van der Waals surface area (Å²) in [4.78, 5) is 0. The molecule has 0 radical (unpaired) electrons. The number of hydrogen-bond donors (Lipinski definition) is 13. The molecule has 0 spiro atoms. The summed E-state index contributed by atoms with van der Waals surface area (Å²) in [6.07, 6.45) is -17.6. The zero-order valence-electron chi connectivity index (χ0n) is 22.9. The van der Waals surface area contributed by atoms with Gasteiger partial charge in [-0.05, 0) is 12.8 Å². The number of aliphatic hydroxyl groups is 7. The second-order valence-corrected chi connectivity index (χ2v) is 11.3. The lowest BCUT2D eigenvalue weighted by Crippen LogP contribution is -2.70. The molecule has 19 nitrogen and oxygen atoms in total. The molecular formula is C23H46N6O13. The van der Waals surface area contributed by atoms with Gasteiger partial charge >= 0.3 is 0 Å². The van der Waals surface area contributed by atoms with Gasteiger partial charge in [0.05, 0.1) is 24.7 Å². The van der Waals surface area contributed by atoms with Gasteiger partial charge in [-0.2, -0.15) is 0 Å². The molecule has 0 aromatic rings. The number of nitrogens with two attached hydrogens (primary N) is 6. The molecule has 19 N–H and O–H groups in total. The molecule has 18 atom stereocenters. The lowest BCUT2D eigenvalue weighted by Gasteiger charge is -2.50. The first kappa shape index (κ1) is 34.1. The molecule has 4 rings (SSSR count). The van der Waals surface area contributed by atoms with Crippen LogP contribution in [0, 0.1) is 0 Å². The van der Waals surface area contributed by atoms with E-state index < -0.39 is 116 Å². The Morgan fingerprint density at radius 2 is 1.19 bits per heavy atom. The quantitative estimate of drug-likeness (QED) is 0.107. The molecule has 4 aliphatic rings. The maximum Gasteiger partial charge on any atom is 0.210 e. The highest BCUT2D eigenvalue weighted by atomic mass is 16.8. The van der Waals surface area contributed by atoms with E-state index in [4.69, 9.17) is 62.8 Å². The van der Waals surface area contributed by atoms with Crippen LogP contribution in [-0.2, 0) is 28.4 Å². The third-order valence-corrected chi connectivity index (χ3v) is 8.39. The molecule has 2 unspecified atom stereocenters. The van der Waals surface area contributed by atoms with E-state index >= 15 is 0 Å². The lowest BCUT2D eigenvalue weighted by atomic mass is 9.83. The van der Waals surface area contributed by atoms with Gasteiger partial charge in [0.1, 0.15) is 61.0 Å². The highest BCUT2D eigenvalue weighted by molar-refractivity contribution is 5.02. The van der Waals surface area contributed by atoms with Gasteiger partial charge in [0.2, 0.25) is 5.79 Å². The van der Waals surface area contributed by atoms with Crippen LogP contribution in [0.5, 0.6) is 0 Å². The molecule has 0 aromatic heterocycles. The normalized spacial score (nSPS) is 53.8. The summed E-state index contributed by atoms with van der Waals surface area (Å²) < 4.78 is 34.4. The van der Waals surface area contributed by atoms with Crippen molar-refractivity contribution in [1.82, 2.24) is 0 Å². The van der Waals surface area contributed by atoms with Crippen molar-refractivity contribution in [3.8, 4) is 0 Å². The first-order chi connectivity index (χ1) is 19.8. The Labute approximate surface area is 241 Å². The molecule has 3 aliphatic heterocycles. The van der Waals surface area contributed by atoms with Gasteiger partial charge in [-0.1, -0.05) is 0 Å². The average molecular weight is 615 g/mol. The average Bonchev–Trinajstić information content (AvgIpc) is 3.25. The minimum absolute atomic E-state index is 0.0432. The summed E-state index contributed by atoms with van der Waals surface area (Å²) in [5.41, 5.74) is 35.6. The standard InChI is InChI=1S/C23H46N6O13/c24-3-7-14(31)16(33)12(28)20(37-7)41-19-9(5-30)39-22(18(19)35)40-11-2-6(26)1-10(27)23(11,36)42-21-13(29)17(34)15(32)8(4-25)38-21/h6-22,30-36H,1-5,24-29H2/t6?,7-,8+,9+,10?,11+,12+,13+,14+,15+,16+,17+,18+,19+,20+,21+,22-,23+/m0/s1. The molecular weight excluding hydrogens is 568 g/mol. The largest absolute Gasteiger partial charge is 0.394 e. The van der Waals surface area contributed by atoms with Crippen LogP contribution in [0.15, 0.2) is 0 Å². The van der Waals surface area contributed by atoms with Crippen molar-refractivity contribution in [2.45, 2.75) is 123 Å². The summed E-state index contributed by atoms with van der Waals surface area (Å²) in [6, 6.07) is -4.30. The van der Waals surface area contributed by atoms with Crippen LogP contribution >= 0.6 is 0 Å². The van der Waals surface area contributed by atoms with E-state index in [2.05, 4.69) is 0 Å². The van der Waals surface area contributed by atoms with Crippen molar-refractivity contribution in [2.75, 3.05) is 19.7 Å². The first-order valence-corrected chi connectivity index (χ1v) is 13.9. The molecule has 1 aliphatic carbocycles. The number of aliphatic hydroxyl groups excluding tert-OH is 6. The maximum atomic E-state index is 11.7. The Morgan fingerprint density at radius 3 is 1.74 bits per heavy atom. The zero-order chi connectivity index (χ0) is 31.1. The van der Waals surface area contributed by atoms with E-state index in [0.717, 1.165) is 0 Å². The second kappa shape index (κ2) is 13.7. The predicted octanol–water partition coefficient (Wildman–Crippen LogP) is -8.55. The summed E-state index contributed by atoms with van der Waals surface area (Å²) in [6.45, 7) is -1.01. The molecule has 0 aromatic carbocycles. The molecule has 246 valence electrons. The molecule has 19 heteroatoms. The second-order valence-electron chi connectivity index (χ2n) is 11.3. The van der Waals surface area contributed by atoms with Crippen LogP contribution in [0.4, 0.5) is 0 Å². The van der Waals surface area contributed by atoms with E-state index in [9.17, 15) is 35.7 Å².